The predicted molar refractivity (Wildman–Crippen MR) is 81.3 cm³/mol. The van der Waals surface area contributed by atoms with Crippen LogP contribution in [0.5, 0.6) is 0 Å². The number of nitro benzene ring substituents is 1. The SMILES string of the molecule is O=[N+]([O-])c1ccc([C@H]2N[C@@H]3c4ccccc4C[C@@H]3CO2)cc1. The maximum absolute atomic E-state index is 10.7. The highest BCUT2D eigenvalue weighted by molar-refractivity contribution is 5.38. The molecule has 5 heteroatoms. The number of rotatable bonds is 2. The van der Waals surface area contributed by atoms with Crippen molar-refractivity contribution in [2.75, 3.05) is 6.61 Å². The van der Waals surface area contributed by atoms with Crippen LogP contribution in [-0.4, -0.2) is 11.5 Å². The maximum Gasteiger partial charge on any atom is 0.269 e. The van der Waals surface area contributed by atoms with Gasteiger partial charge in [0, 0.05) is 24.1 Å². The Bertz CT molecular complexity index is 714. The fraction of sp³-hybridized carbons (Fsp3) is 0.294. The molecular formula is C17H16N2O3. The van der Waals surface area contributed by atoms with Gasteiger partial charge in [-0.15, -0.1) is 0 Å². The molecule has 0 amide bonds. The zero-order chi connectivity index (χ0) is 15.1. The molecule has 1 aliphatic carbocycles. The lowest BCUT2D eigenvalue weighted by molar-refractivity contribution is -0.384. The highest BCUT2D eigenvalue weighted by Gasteiger charge is 2.38. The number of nitrogens with one attached hydrogen (secondary N) is 1. The van der Waals surface area contributed by atoms with Crippen molar-refractivity contribution in [1.29, 1.82) is 0 Å². The van der Waals surface area contributed by atoms with E-state index in [0.29, 0.717) is 18.6 Å². The normalized spacial score (nSPS) is 26.3. The Kier molecular flexibility index (Phi) is 3.17. The largest absolute Gasteiger partial charge is 0.359 e. The molecule has 3 atom stereocenters. The zero-order valence-corrected chi connectivity index (χ0v) is 11.9. The van der Waals surface area contributed by atoms with Crippen LogP contribution in [0.15, 0.2) is 48.5 Å². The van der Waals surface area contributed by atoms with Gasteiger partial charge in [0.1, 0.15) is 6.23 Å². The second kappa shape index (κ2) is 5.19. The minimum Gasteiger partial charge on any atom is -0.359 e. The van der Waals surface area contributed by atoms with Crippen LogP contribution in [0.3, 0.4) is 0 Å². The fourth-order valence-electron chi connectivity index (χ4n) is 3.45. The van der Waals surface area contributed by atoms with Gasteiger partial charge in [-0.3, -0.25) is 15.4 Å². The molecule has 5 nitrogen and oxygen atoms in total. The van der Waals surface area contributed by atoms with Crippen molar-refractivity contribution in [2.45, 2.75) is 18.7 Å². The molecule has 1 N–H and O–H groups in total. The smallest absolute Gasteiger partial charge is 0.269 e. The van der Waals surface area contributed by atoms with Crippen molar-refractivity contribution in [3.05, 3.63) is 75.3 Å². The molecule has 2 aromatic carbocycles. The van der Waals surface area contributed by atoms with Crippen LogP contribution < -0.4 is 5.32 Å². The highest BCUT2D eigenvalue weighted by Crippen LogP contribution is 2.41. The Morgan fingerprint density at radius 2 is 1.91 bits per heavy atom. The molecule has 0 spiro atoms. The summed E-state index contributed by atoms with van der Waals surface area (Å²) in [6, 6.07) is 15.4. The number of ether oxygens (including phenoxy) is 1. The summed E-state index contributed by atoms with van der Waals surface area (Å²) in [4.78, 5) is 10.3. The van der Waals surface area contributed by atoms with Crippen molar-refractivity contribution in [2.24, 2.45) is 5.92 Å². The number of non-ortho nitro benzene ring substituents is 1. The Balaban J connectivity index is 1.57. The Hall–Kier alpha value is -2.24. The molecule has 22 heavy (non-hydrogen) atoms. The van der Waals surface area contributed by atoms with E-state index in [0.717, 1.165) is 12.0 Å². The molecule has 1 fully saturated rings. The second-order valence-corrected chi connectivity index (χ2v) is 5.87. The van der Waals surface area contributed by atoms with E-state index in [-0.39, 0.29) is 16.8 Å². The Labute approximate surface area is 128 Å². The molecule has 0 aromatic heterocycles. The standard InChI is InChI=1S/C17H16N2O3/c20-19(21)14-7-5-11(6-8-14)17-18-16-13(10-22-17)9-12-3-1-2-4-15(12)16/h1-8,13,16-18H,9-10H2/t13-,16+,17+/m1/s1. The quantitative estimate of drug-likeness (QED) is 0.683. The van der Waals surface area contributed by atoms with E-state index in [1.165, 1.54) is 23.3 Å². The van der Waals surface area contributed by atoms with E-state index in [4.69, 9.17) is 4.74 Å². The lowest BCUT2D eigenvalue weighted by atomic mass is 9.98. The number of nitro groups is 1. The Morgan fingerprint density at radius 1 is 1.14 bits per heavy atom. The molecule has 0 unspecified atom stereocenters. The van der Waals surface area contributed by atoms with Crippen LogP contribution in [-0.2, 0) is 11.2 Å². The lowest BCUT2D eigenvalue weighted by Gasteiger charge is -2.34. The van der Waals surface area contributed by atoms with E-state index in [1.54, 1.807) is 12.1 Å². The number of benzene rings is 2. The van der Waals surface area contributed by atoms with Crippen LogP contribution >= 0.6 is 0 Å². The maximum atomic E-state index is 10.7. The third-order valence-corrected chi connectivity index (χ3v) is 4.56. The van der Waals surface area contributed by atoms with Gasteiger partial charge >= 0.3 is 0 Å². The number of nitrogens with zero attached hydrogens (tertiary/aromatic N) is 1. The molecule has 0 saturated carbocycles. The monoisotopic (exact) mass is 296 g/mol. The molecular weight excluding hydrogens is 280 g/mol. The summed E-state index contributed by atoms with van der Waals surface area (Å²) < 4.78 is 5.93. The minimum atomic E-state index is -0.387. The van der Waals surface area contributed by atoms with Crippen LogP contribution in [0.4, 0.5) is 5.69 Å². The zero-order valence-electron chi connectivity index (χ0n) is 11.9. The van der Waals surface area contributed by atoms with Crippen LogP contribution in [0.25, 0.3) is 0 Å². The molecule has 4 rings (SSSR count). The summed E-state index contributed by atoms with van der Waals surface area (Å²) >= 11 is 0. The van der Waals surface area contributed by atoms with Crippen molar-refractivity contribution >= 4 is 5.69 Å². The number of hydrogen-bond donors (Lipinski definition) is 1. The molecule has 2 aliphatic rings. The molecule has 1 aliphatic heterocycles. The first-order valence-electron chi connectivity index (χ1n) is 7.42. The molecule has 0 bridgehead atoms. The first-order chi connectivity index (χ1) is 10.7. The molecule has 1 saturated heterocycles. The Morgan fingerprint density at radius 3 is 2.68 bits per heavy atom. The van der Waals surface area contributed by atoms with E-state index in [9.17, 15) is 10.1 Å². The molecule has 1 heterocycles. The molecule has 0 radical (unpaired) electrons. The minimum absolute atomic E-state index is 0.101. The first-order valence-corrected chi connectivity index (χ1v) is 7.42. The summed E-state index contributed by atoms with van der Waals surface area (Å²) in [6.07, 6.45) is 0.828. The highest BCUT2D eigenvalue weighted by atomic mass is 16.6. The average Bonchev–Trinajstić information content (AvgIpc) is 2.92. The van der Waals surface area contributed by atoms with Gasteiger partial charge < -0.3 is 4.74 Å². The van der Waals surface area contributed by atoms with E-state index >= 15 is 0 Å². The van der Waals surface area contributed by atoms with Gasteiger partial charge in [-0.1, -0.05) is 24.3 Å². The van der Waals surface area contributed by atoms with Gasteiger partial charge in [0.05, 0.1) is 11.5 Å². The lowest BCUT2D eigenvalue weighted by Crippen LogP contribution is -2.39. The van der Waals surface area contributed by atoms with Gasteiger partial charge in [0.15, 0.2) is 0 Å². The average molecular weight is 296 g/mol. The van der Waals surface area contributed by atoms with Crippen LogP contribution in [0.2, 0.25) is 0 Å². The first kappa shape index (κ1) is 13.4. The van der Waals surface area contributed by atoms with Gasteiger partial charge in [0.2, 0.25) is 0 Å². The number of fused-ring (bicyclic) bond motifs is 3. The summed E-state index contributed by atoms with van der Waals surface area (Å²) in [5.41, 5.74) is 3.76. The molecule has 112 valence electrons. The third-order valence-electron chi connectivity index (χ3n) is 4.56. The van der Waals surface area contributed by atoms with Gasteiger partial charge in [0.25, 0.3) is 5.69 Å². The summed E-state index contributed by atoms with van der Waals surface area (Å²) in [7, 11) is 0. The van der Waals surface area contributed by atoms with Crippen molar-refractivity contribution in [3.63, 3.8) is 0 Å². The number of hydrogen-bond acceptors (Lipinski definition) is 4. The van der Waals surface area contributed by atoms with Crippen LogP contribution in [0.1, 0.15) is 29.0 Å². The topological polar surface area (TPSA) is 64.4 Å². The van der Waals surface area contributed by atoms with E-state index < -0.39 is 0 Å². The van der Waals surface area contributed by atoms with Gasteiger partial charge in [-0.25, -0.2) is 0 Å². The summed E-state index contributed by atoms with van der Waals surface area (Å²) in [6.45, 7) is 0.702. The van der Waals surface area contributed by atoms with Crippen molar-refractivity contribution in [3.8, 4) is 0 Å². The van der Waals surface area contributed by atoms with Crippen molar-refractivity contribution < 1.29 is 9.66 Å². The predicted octanol–water partition coefficient (Wildman–Crippen LogP) is 3.13. The van der Waals surface area contributed by atoms with Gasteiger partial charge in [-0.2, -0.15) is 0 Å². The fourth-order valence-corrected chi connectivity index (χ4v) is 3.45. The summed E-state index contributed by atoms with van der Waals surface area (Å²) in [5.74, 6) is 0.465. The van der Waals surface area contributed by atoms with E-state index in [2.05, 4.69) is 29.6 Å². The van der Waals surface area contributed by atoms with Crippen LogP contribution in [0, 0.1) is 16.0 Å². The second-order valence-electron chi connectivity index (χ2n) is 5.87. The van der Waals surface area contributed by atoms with Gasteiger partial charge in [-0.05, 0) is 35.2 Å². The van der Waals surface area contributed by atoms with Crippen molar-refractivity contribution in [1.82, 2.24) is 5.32 Å². The molecule has 2 aromatic rings. The summed E-state index contributed by atoms with van der Waals surface area (Å²) in [5, 5.41) is 14.3. The third kappa shape index (κ3) is 2.19. The van der Waals surface area contributed by atoms with E-state index in [1.807, 2.05) is 0 Å².